The average Bonchev–Trinajstić information content (AvgIpc) is 2.80. The predicted molar refractivity (Wildman–Crippen MR) is 80.3 cm³/mol. The maximum absolute atomic E-state index is 13.8. The third kappa shape index (κ3) is 3.43. The normalized spacial score (nSPS) is 12.6. The van der Waals surface area contributed by atoms with E-state index in [0.717, 1.165) is 18.5 Å². The maximum atomic E-state index is 13.8. The van der Waals surface area contributed by atoms with Crippen LogP contribution in [-0.4, -0.2) is 6.54 Å². The quantitative estimate of drug-likeness (QED) is 0.842. The summed E-state index contributed by atoms with van der Waals surface area (Å²) < 4.78 is 13.8. The summed E-state index contributed by atoms with van der Waals surface area (Å²) in [7, 11) is 0. The highest BCUT2D eigenvalue weighted by molar-refractivity contribution is 7.12. The molecule has 1 heterocycles. The van der Waals surface area contributed by atoms with Gasteiger partial charge in [-0.25, -0.2) is 4.39 Å². The minimum Gasteiger partial charge on any atom is -0.306 e. The molecule has 19 heavy (non-hydrogen) atoms. The second-order valence-corrected chi connectivity index (χ2v) is 6.16. The van der Waals surface area contributed by atoms with E-state index in [2.05, 4.69) is 31.3 Å². The van der Waals surface area contributed by atoms with Gasteiger partial charge in [0.25, 0.3) is 0 Å². The van der Waals surface area contributed by atoms with Crippen LogP contribution < -0.4 is 5.32 Å². The van der Waals surface area contributed by atoms with Gasteiger partial charge >= 0.3 is 0 Å². The number of halogens is 1. The third-order valence-corrected chi connectivity index (χ3v) is 4.24. The van der Waals surface area contributed by atoms with E-state index in [9.17, 15) is 4.39 Å². The summed E-state index contributed by atoms with van der Waals surface area (Å²) in [6.45, 7) is 6.96. The molecule has 0 spiro atoms. The Balaban J connectivity index is 2.33. The molecule has 0 amide bonds. The molecule has 3 heteroatoms. The molecule has 0 fully saturated rings. The number of hydrogen-bond donors (Lipinski definition) is 1. The molecule has 2 aromatic rings. The molecule has 1 N–H and O–H groups in total. The number of rotatable bonds is 5. The molecule has 1 atom stereocenters. The molecule has 0 saturated heterocycles. The van der Waals surface area contributed by atoms with Crippen molar-refractivity contribution in [3.8, 4) is 0 Å². The first-order chi connectivity index (χ1) is 9.11. The van der Waals surface area contributed by atoms with Gasteiger partial charge in [0.1, 0.15) is 5.82 Å². The average molecular weight is 277 g/mol. The van der Waals surface area contributed by atoms with Crippen molar-refractivity contribution < 1.29 is 4.39 Å². The summed E-state index contributed by atoms with van der Waals surface area (Å²) in [5.74, 6) is -0.130. The van der Waals surface area contributed by atoms with Crippen LogP contribution in [-0.2, 0) is 0 Å². The summed E-state index contributed by atoms with van der Waals surface area (Å²) in [6, 6.07) is 9.86. The van der Waals surface area contributed by atoms with Gasteiger partial charge in [-0.05, 0) is 56.1 Å². The van der Waals surface area contributed by atoms with E-state index in [1.54, 1.807) is 24.3 Å². The zero-order chi connectivity index (χ0) is 13.8. The molecule has 102 valence electrons. The van der Waals surface area contributed by atoms with Crippen LogP contribution >= 0.6 is 11.3 Å². The van der Waals surface area contributed by atoms with Crippen LogP contribution in [0.1, 0.15) is 40.3 Å². The van der Waals surface area contributed by atoms with Crippen molar-refractivity contribution in [1.82, 2.24) is 5.32 Å². The molecule has 0 bridgehead atoms. The Morgan fingerprint density at radius 1 is 1.21 bits per heavy atom. The van der Waals surface area contributed by atoms with E-state index in [-0.39, 0.29) is 11.9 Å². The Bertz CT molecular complexity index is 547. The zero-order valence-electron chi connectivity index (χ0n) is 11.7. The summed E-state index contributed by atoms with van der Waals surface area (Å²) >= 11 is 1.77. The van der Waals surface area contributed by atoms with Gasteiger partial charge in [-0.15, -0.1) is 11.3 Å². The number of hydrogen-bond acceptors (Lipinski definition) is 2. The molecular formula is C16H20FNS. The van der Waals surface area contributed by atoms with Gasteiger partial charge in [-0.1, -0.05) is 19.1 Å². The van der Waals surface area contributed by atoms with Gasteiger partial charge in [0.2, 0.25) is 0 Å². The van der Waals surface area contributed by atoms with Gasteiger partial charge in [-0.3, -0.25) is 0 Å². The molecule has 1 aromatic heterocycles. The second-order valence-electron chi connectivity index (χ2n) is 4.84. The summed E-state index contributed by atoms with van der Waals surface area (Å²) in [5.41, 5.74) is 1.69. The van der Waals surface area contributed by atoms with Crippen molar-refractivity contribution in [2.75, 3.05) is 6.54 Å². The number of benzene rings is 1. The minimum absolute atomic E-state index is 0.0914. The summed E-state index contributed by atoms with van der Waals surface area (Å²) in [5, 5.41) is 3.51. The molecule has 0 aliphatic heterocycles. The van der Waals surface area contributed by atoms with Crippen LogP contribution in [0.4, 0.5) is 4.39 Å². The van der Waals surface area contributed by atoms with Crippen molar-refractivity contribution in [3.05, 3.63) is 57.0 Å². The molecule has 1 aromatic carbocycles. The van der Waals surface area contributed by atoms with Gasteiger partial charge in [0.15, 0.2) is 0 Å². The van der Waals surface area contributed by atoms with E-state index in [1.807, 2.05) is 12.1 Å². The first kappa shape index (κ1) is 14.2. The van der Waals surface area contributed by atoms with Crippen molar-refractivity contribution in [3.63, 3.8) is 0 Å². The van der Waals surface area contributed by atoms with E-state index in [1.165, 1.54) is 9.75 Å². The molecule has 0 aliphatic rings. The van der Waals surface area contributed by atoms with Gasteiger partial charge in [-0.2, -0.15) is 0 Å². The van der Waals surface area contributed by atoms with E-state index < -0.39 is 0 Å². The largest absolute Gasteiger partial charge is 0.306 e. The Morgan fingerprint density at radius 3 is 2.58 bits per heavy atom. The standard InChI is InChI=1S/C16H20FNS/c1-4-9-18-16(15-8-6-12(3)19-15)13-7-5-11(2)14(17)10-13/h5-8,10,16,18H,4,9H2,1-3H3. The molecular weight excluding hydrogens is 257 g/mol. The van der Waals surface area contributed by atoms with Gasteiger partial charge in [0.05, 0.1) is 6.04 Å². The Morgan fingerprint density at radius 2 is 2.00 bits per heavy atom. The highest BCUT2D eigenvalue weighted by Crippen LogP contribution is 2.29. The number of nitrogens with one attached hydrogen (secondary N) is 1. The molecule has 1 nitrogen and oxygen atoms in total. The fraction of sp³-hybridized carbons (Fsp3) is 0.375. The van der Waals surface area contributed by atoms with Gasteiger partial charge in [0, 0.05) is 9.75 Å². The SMILES string of the molecule is CCCNC(c1ccc(C)c(F)c1)c1ccc(C)s1. The lowest BCUT2D eigenvalue weighted by Crippen LogP contribution is -2.22. The van der Waals surface area contributed by atoms with Gasteiger partial charge < -0.3 is 5.32 Å². The zero-order valence-corrected chi connectivity index (χ0v) is 12.5. The first-order valence-corrected chi connectivity index (χ1v) is 7.49. The molecule has 0 saturated carbocycles. The number of aryl methyl sites for hydroxylation is 2. The van der Waals surface area contributed by atoms with Crippen molar-refractivity contribution in [1.29, 1.82) is 0 Å². The van der Waals surface area contributed by atoms with Crippen LogP contribution in [0.5, 0.6) is 0 Å². The minimum atomic E-state index is -0.130. The predicted octanol–water partition coefficient (Wildman–Crippen LogP) is 4.59. The van der Waals surface area contributed by atoms with Crippen LogP contribution in [0.3, 0.4) is 0 Å². The second kappa shape index (κ2) is 6.31. The molecule has 1 unspecified atom stereocenters. The first-order valence-electron chi connectivity index (χ1n) is 6.67. The smallest absolute Gasteiger partial charge is 0.126 e. The third-order valence-electron chi connectivity index (χ3n) is 3.17. The summed E-state index contributed by atoms with van der Waals surface area (Å²) in [6.07, 6.45) is 1.06. The van der Waals surface area contributed by atoms with Crippen molar-refractivity contribution in [2.24, 2.45) is 0 Å². The lowest BCUT2D eigenvalue weighted by molar-refractivity contribution is 0.587. The van der Waals surface area contributed by atoms with E-state index in [0.29, 0.717) is 5.56 Å². The molecule has 0 radical (unpaired) electrons. The fourth-order valence-electron chi connectivity index (χ4n) is 2.07. The lowest BCUT2D eigenvalue weighted by atomic mass is 10.0. The van der Waals surface area contributed by atoms with Crippen LogP contribution in [0.25, 0.3) is 0 Å². The fourth-order valence-corrected chi connectivity index (χ4v) is 3.05. The van der Waals surface area contributed by atoms with Crippen LogP contribution in [0.15, 0.2) is 30.3 Å². The Kier molecular flexibility index (Phi) is 4.72. The van der Waals surface area contributed by atoms with E-state index >= 15 is 0 Å². The van der Waals surface area contributed by atoms with E-state index in [4.69, 9.17) is 0 Å². The van der Waals surface area contributed by atoms with Crippen LogP contribution in [0, 0.1) is 19.7 Å². The van der Waals surface area contributed by atoms with Crippen molar-refractivity contribution >= 4 is 11.3 Å². The molecule has 0 aliphatic carbocycles. The number of thiophene rings is 1. The highest BCUT2D eigenvalue weighted by Gasteiger charge is 2.16. The lowest BCUT2D eigenvalue weighted by Gasteiger charge is -2.18. The van der Waals surface area contributed by atoms with Crippen LogP contribution in [0.2, 0.25) is 0 Å². The Hall–Kier alpha value is -1.19. The van der Waals surface area contributed by atoms with Crippen molar-refractivity contribution in [2.45, 2.75) is 33.2 Å². The topological polar surface area (TPSA) is 12.0 Å². The summed E-state index contributed by atoms with van der Waals surface area (Å²) in [4.78, 5) is 2.53. The monoisotopic (exact) mass is 277 g/mol. The molecule has 2 rings (SSSR count). The highest BCUT2D eigenvalue weighted by atomic mass is 32.1. The maximum Gasteiger partial charge on any atom is 0.126 e. The Labute approximate surface area is 118 Å².